The van der Waals surface area contributed by atoms with Crippen molar-refractivity contribution in [3.63, 3.8) is 0 Å². The van der Waals surface area contributed by atoms with Gasteiger partial charge in [0.05, 0.1) is 23.3 Å². The fourth-order valence-electron chi connectivity index (χ4n) is 3.88. The van der Waals surface area contributed by atoms with Crippen LogP contribution in [-0.2, 0) is 16.2 Å². The minimum atomic E-state index is -4.57. The van der Waals surface area contributed by atoms with Gasteiger partial charge in [0.1, 0.15) is 17.7 Å². The molecule has 15 heteroatoms. The molecule has 40 heavy (non-hydrogen) atoms. The van der Waals surface area contributed by atoms with E-state index in [0.29, 0.717) is 34.8 Å². The van der Waals surface area contributed by atoms with Crippen LogP contribution in [0.25, 0.3) is 28.5 Å². The molecule has 5 rings (SSSR count). The number of benzene rings is 2. The van der Waals surface area contributed by atoms with E-state index >= 15 is 0 Å². The van der Waals surface area contributed by atoms with Gasteiger partial charge in [-0.3, -0.25) is 4.40 Å². The molecule has 0 atom stereocenters. The van der Waals surface area contributed by atoms with E-state index < -0.39 is 27.6 Å². The van der Waals surface area contributed by atoms with Crippen LogP contribution < -0.4 is 14.8 Å². The first-order chi connectivity index (χ1) is 19.1. The summed E-state index contributed by atoms with van der Waals surface area (Å²) >= 11 is 0. The Kier molecular flexibility index (Phi) is 7.16. The SMILES string of the molecule is COc1cc(-c2nc3occn3c2-c2ccnc(NCCNS(=O)(=O)c3ccc(C(F)(F)F)cc3)n2)ccc1F. The van der Waals surface area contributed by atoms with E-state index in [4.69, 9.17) is 9.15 Å². The molecular weight excluding hydrogens is 556 g/mol. The Bertz CT molecular complexity index is 1770. The lowest BCUT2D eigenvalue weighted by atomic mass is 10.1. The molecule has 0 saturated carbocycles. The number of anilines is 1. The maximum Gasteiger partial charge on any atom is 0.416 e. The smallest absolute Gasteiger partial charge is 0.416 e. The lowest BCUT2D eigenvalue weighted by Crippen LogP contribution is -2.29. The Morgan fingerprint density at radius 1 is 1.05 bits per heavy atom. The van der Waals surface area contributed by atoms with Crippen LogP contribution in [-0.4, -0.2) is 48.0 Å². The van der Waals surface area contributed by atoms with Gasteiger partial charge < -0.3 is 14.5 Å². The Hall–Kier alpha value is -4.50. The molecule has 0 spiro atoms. The fraction of sp³-hybridized carbons (Fsp3) is 0.160. The number of nitrogens with zero attached hydrogens (tertiary/aromatic N) is 4. The zero-order valence-electron chi connectivity index (χ0n) is 20.6. The number of alkyl halides is 3. The number of rotatable bonds is 9. The average molecular weight is 577 g/mol. The Morgan fingerprint density at radius 3 is 2.55 bits per heavy atom. The van der Waals surface area contributed by atoms with Crippen molar-refractivity contribution in [2.45, 2.75) is 11.1 Å². The molecule has 0 amide bonds. The maximum atomic E-state index is 14.0. The highest BCUT2D eigenvalue weighted by atomic mass is 32.2. The van der Waals surface area contributed by atoms with Crippen molar-refractivity contribution in [2.75, 3.05) is 25.5 Å². The molecule has 3 heterocycles. The average Bonchev–Trinajstić information content (AvgIpc) is 3.53. The second kappa shape index (κ2) is 10.6. The first kappa shape index (κ1) is 27.1. The Morgan fingerprint density at radius 2 is 1.82 bits per heavy atom. The van der Waals surface area contributed by atoms with Crippen molar-refractivity contribution in [1.29, 1.82) is 0 Å². The summed E-state index contributed by atoms with van der Waals surface area (Å²) < 4.78 is 91.6. The van der Waals surface area contributed by atoms with Gasteiger partial charge in [-0.1, -0.05) is 0 Å². The predicted molar refractivity (Wildman–Crippen MR) is 136 cm³/mol. The standard InChI is InChI=1S/C25H20F4N6O4S/c1-38-20-14-15(2-7-18(20)26)21-22(35-12-13-39-24(35)34-21)19-8-9-30-23(33-19)31-10-11-32-40(36,37)17-5-3-16(4-6-17)25(27,28)29/h2-9,12-14,32H,10-11H2,1H3,(H,30,31,33). The van der Waals surface area contributed by atoms with Gasteiger partial charge in [-0.15, -0.1) is 0 Å². The molecule has 0 radical (unpaired) electrons. The van der Waals surface area contributed by atoms with Crippen molar-refractivity contribution < 1.29 is 35.1 Å². The topological polar surface area (TPSA) is 124 Å². The van der Waals surface area contributed by atoms with Gasteiger partial charge in [-0.25, -0.2) is 27.5 Å². The first-order valence-electron chi connectivity index (χ1n) is 11.6. The highest BCUT2D eigenvalue weighted by Crippen LogP contribution is 2.34. The zero-order valence-corrected chi connectivity index (χ0v) is 21.4. The molecule has 0 unspecified atom stereocenters. The number of oxazole rings is 1. The summed E-state index contributed by atoms with van der Waals surface area (Å²) in [6, 6.07) is 9.14. The molecule has 2 aromatic carbocycles. The van der Waals surface area contributed by atoms with Crippen molar-refractivity contribution in [3.8, 4) is 28.4 Å². The molecule has 10 nitrogen and oxygen atoms in total. The second-order valence-electron chi connectivity index (χ2n) is 8.33. The van der Waals surface area contributed by atoms with Gasteiger partial charge in [0.2, 0.25) is 16.0 Å². The largest absolute Gasteiger partial charge is 0.494 e. The Balaban J connectivity index is 1.32. The van der Waals surface area contributed by atoms with Crippen LogP contribution in [0.2, 0.25) is 0 Å². The van der Waals surface area contributed by atoms with Gasteiger partial charge in [0.15, 0.2) is 11.6 Å². The molecular formula is C25H20F4N6O4S. The molecule has 0 saturated heterocycles. The van der Waals surface area contributed by atoms with Crippen molar-refractivity contribution >= 4 is 21.8 Å². The second-order valence-corrected chi connectivity index (χ2v) is 10.1. The first-order valence-corrected chi connectivity index (χ1v) is 13.1. The number of imidazole rings is 1. The fourth-order valence-corrected chi connectivity index (χ4v) is 4.91. The predicted octanol–water partition coefficient (Wildman–Crippen LogP) is 4.61. The van der Waals surface area contributed by atoms with E-state index in [-0.39, 0.29) is 35.5 Å². The molecule has 0 bridgehead atoms. The van der Waals surface area contributed by atoms with Gasteiger partial charge in [-0.05, 0) is 48.5 Å². The number of hydrogen-bond donors (Lipinski definition) is 2. The third-order valence-corrected chi connectivity index (χ3v) is 7.25. The summed E-state index contributed by atoms with van der Waals surface area (Å²) in [5.41, 5.74) is 1.03. The van der Waals surface area contributed by atoms with E-state index in [9.17, 15) is 26.0 Å². The zero-order chi connectivity index (χ0) is 28.5. The molecule has 3 aromatic heterocycles. The highest BCUT2D eigenvalue weighted by Gasteiger charge is 2.30. The minimum Gasteiger partial charge on any atom is -0.494 e. The number of sulfonamides is 1. The lowest BCUT2D eigenvalue weighted by molar-refractivity contribution is -0.137. The number of fused-ring (bicyclic) bond motifs is 1. The van der Waals surface area contributed by atoms with Crippen LogP contribution in [0.3, 0.4) is 0 Å². The molecule has 0 fully saturated rings. The number of nitrogens with one attached hydrogen (secondary N) is 2. The van der Waals surface area contributed by atoms with Gasteiger partial charge in [-0.2, -0.15) is 18.2 Å². The Labute approximate surface area is 224 Å². The summed E-state index contributed by atoms with van der Waals surface area (Å²) in [5.74, 6) is -0.0404. The summed E-state index contributed by atoms with van der Waals surface area (Å²) in [6.45, 7) is -0.0327. The molecule has 5 aromatic rings. The van der Waals surface area contributed by atoms with Crippen LogP contribution in [0.4, 0.5) is 23.5 Å². The summed E-state index contributed by atoms with van der Waals surface area (Å²) in [4.78, 5) is 12.9. The van der Waals surface area contributed by atoms with E-state index in [1.807, 2.05) is 0 Å². The van der Waals surface area contributed by atoms with Crippen LogP contribution in [0.1, 0.15) is 5.56 Å². The van der Waals surface area contributed by atoms with E-state index in [2.05, 4.69) is 25.0 Å². The van der Waals surface area contributed by atoms with Crippen molar-refractivity contribution in [2.24, 2.45) is 0 Å². The van der Waals surface area contributed by atoms with Gasteiger partial charge in [0.25, 0.3) is 0 Å². The van der Waals surface area contributed by atoms with Gasteiger partial charge >= 0.3 is 12.0 Å². The van der Waals surface area contributed by atoms with Crippen LogP contribution >= 0.6 is 0 Å². The normalized spacial score (nSPS) is 12.1. The van der Waals surface area contributed by atoms with Crippen LogP contribution in [0.5, 0.6) is 5.75 Å². The summed E-state index contributed by atoms with van der Waals surface area (Å²) in [5, 5.41) is 2.91. The molecule has 208 valence electrons. The van der Waals surface area contributed by atoms with Crippen LogP contribution in [0, 0.1) is 5.82 Å². The molecule has 0 aliphatic rings. The maximum absolute atomic E-state index is 14.0. The summed E-state index contributed by atoms with van der Waals surface area (Å²) in [6.07, 6.45) is 0.0177. The lowest BCUT2D eigenvalue weighted by Gasteiger charge is -2.10. The number of halogens is 4. The molecule has 0 aliphatic carbocycles. The highest BCUT2D eigenvalue weighted by molar-refractivity contribution is 7.89. The number of aromatic nitrogens is 4. The van der Waals surface area contributed by atoms with E-state index in [1.54, 1.807) is 22.7 Å². The number of hydrogen-bond acceptors (Lipinski definition) is 8. The van der Waals surface area contributed by atoms with Crippen LogP contribution in [0.15, 0.2) is 76.5 Å². The molecule has 2 N–H and O–H groups in total. The third-order valence-electron chi connectivity index (χ3n) is 5.78. The van der Waals surface area contributed by atoms with Gasteiger partial charge in [0, 0.05) is 31.0 Å². The number of ether oxygens (including phenoxy) is 1. The summed E-state index contributed by atoms with van der Waals surface area (Å²) in [7, 11) is -2.69. The van der Waals surface area contributed by atoms with E-state index in [0.717, 1.165) is 12.1 Å². The van der Waals surface area contributed by atoms with E-state index in [1.165, 1.54) is 31.7 Å². The third kappa shape index (κ3) is 5.46. The quantitative estimate of drug-likeness (QED) is 0.193. The number of methoxy groups -OCH3 is 1. The minimum absolute atomic E-state index is 0.0388. The van der Waals surface area contributed by atoms with Crippen molar-refractivity contribution in [1.82, 2.24) is 24.1 Å². The monoisotopic (exact) mass is 576 g/mol. The van der Waals surface area contributed by atoms with Crippen molar-refractivity contribution in [3.05, 3.63) is 78.6 Å². The molecule has 0 aliphatic heterocycles.